The maximum Gasteiger partial charge on any atom is 0.0169 e. The fourth-order valence-corrected chi connectivity index (χ4v) is 5.29. The van der Waals surface area contributed by atoms with Gasteiger partial charge in [0.1, 0.15) is 0 Å². The number of hydrogen-bond acceptors (Lipinski definition) is 0. The Balaban J connectivity index is 2.01. The molecule has 0 spiro atoms. The molecule has 0 N–H and O–H groups in total. The minimum Gasteiger partial charge on any atom is -0.0622 e. The Labute approximate surface area is 164 Å². The molecule has 2 aromatic rings. The van der Waals surface area contributed by atoms with Crippen LogP contribution in [-0.2, 0) is 0 Å². The molecule has 27 heavy (non-hydrogen) atoms. The Morgan fingerprint density at radius 3 is 1.81 bits per heavy atom. The van der Waals surface area contributed by atoms with Crippen molar-refractivity contribution in [2.45, 2.75) is 47.5 Å². The monoisotopic (exact) mass is 354 g/mol. The van der Waals surface area contributed by atoms with Crippen molar-refractivity contribution in [3.63, 3.8) is 0 Å². The zero-order valence-corrected chi connectivity index (χ0v) is 17.4. The van der Waals surface area contributed by atoms with E-state index in [0.717, 1.165) is 0 Å². The van der Waals surface area contributed by atoms with E-state index in [0.29, 0.717) is 17.8 Å². The second kappa shape index (κ2) is 6.68. The van der Waals surface area contributed by atoms with Gasteiger partial charge in [-0.3, -0.25) is 0 Å². The third-order valence-corrected chi connectivity index (χ3v) is 6.89. The third kappa shape index (κ3) is 2.65. The molecule has 0 amide bonds. The van der Waals surface area contributed by atoms with Crippen molar-refractivity contribution in [2.24, 2.45) is 11.8 Å². The topological polar surface area (TPSA) is 0 Å². The lowest BCUT2D eigenvalue weighted by atomic mass is 9.74. The number of benzene rings is 2. The normalized spacial score (nSPS) is 20.3. The molecule has 0 bridgehead atoms. The average molecular weight is 355 g/mol. The molecule has 2 aromatic carbocycles. The van der Waals surface area contributed by atoms with Crippen molar-refractivity contribution in [2.75, 3.05) is 0 Å². The van der Waals surface area contributed by atoms with Gasteiger partial charge in [-0.2, -0.15) is 0 Å². The first-order valence-electron chi connectivity index (χ1n) is 10.2. The Morgan fingerprint density at radius 1 is 0.667 bits per heavy atom. The molecule has 0 heterocycles. The second-order valence-corrected chi connectivity index (χ2v) is 8.51. The lowest BCUT2D eigenvalue weighted by molar-refractivity contribution is 0.566. The van der Waals surface area contributed by atoms with Crippen LogP contribution in [0.4, 0.5) is 0 Å². The van der Waals surface area contributed by atoms with Crippen LogP contribution in [0, 0.1) is 11.8 Å². The quantitative estimate of drug-likeness (QED) is 0.534. The highest BCUT2D eigenvalue weighted by Gasteiger charge is 2.41. The van der Waals surface area contributed by atoms with E-state index in [1.165, 1.54) is 33.4 Å². The highest BCUT2D eigenvalue weighted by molar-refractivity contribution is 5.89. The highest BCUT2D eigenvalue weighted by atomic mass is 14.4. The van der Waals surface area contributed by atoms with Crippen LogP contribution in [-0.4, -0.2) is 0 Å². The van der Waals surface area contributed by atoms with Gasteiger partial charge in [0.25, 0.3) is 0 Å². The molecule has 138 valence electrons. The molecule has 4 rings (SSSR count). The van der Waals surface area contributed by atoms with Gasteiger partial charge >= 0.3 is 0 Å². The van der Waals surface area contributed by atoms with Gasteiger partial charge < -0.3 is 0 Å². The van der Waals surface area contributed by atoms with E-state index in [-0.39, 0.29) is 0 Å². The lowest BCUT2D eigenvalue weighted by Crippen LogP contribution is -2.17. The molecule has 1 atom stereocenters. The van der Waals surface area contributed by atoms with Crippen LogP contribution >= 0.6 is 0 Å². The maximum absolute atomic E-state index is 2.36. The van der Waals surface area contributed by atoms with Crippen LogP contribution in [0.2, 0.25) is 0 Å². The second-order valence-electron chi connectivity index (χ2n) is 8.51. The number of allylic oxidation sites excluding steroid dienone is 5. The number of hydrogen-bond donors (Lipinski definition) is 0. The summed E-state index contributed by atoms with van der Waals surface area (Å²) in [6, 6.07) is 20.1. The van der Waals surface area contributed by atoms with E-state index in [2.05, 4.69) is 96.1 Å². The van der Waals surface area contributed by atoms with Gasteiger partial charge in [0.05, 0.1) is 0 Å². The summed E-state index contributed by atoms with van der Waals surface area (Å²) in [6.45, 7) is 14.0. The zero-order chi connectivity index (χ0) is 19.3. The van der Waals surface area contributed by atoms with Gasteiger partial charge in [0.15, 0.2) is 0 Å². The Hall–Kier alpha value is -2.34. The van der Waals surface area contributed by atoms with E-state index in [1.807, 2.05) is 0 Å². The summed E-state index contributed by atoms with van der Waals surface area (Å²) < 4.78 is 0. The fourth-order valence-electron chi connectivity index (χ4n) is 5.29. The van der Waals surface area contributed by atoms with Gasteiger partial charge in [0.2, 0.25) is 0 Å². The zero-order valence-electron chi connectivity index (χ0n) is 17.4. The van der Waals surface area contributed by atoms with Crippen LogP contribution in [0.15, 0.2) is 82.5 Å². The lowest BCUT2D eigenvalue weighted by Gasteiger charge is -2.29. The maximum atomic E-state index is 2.36. The SMILES string of the molecule is CC1=C(C)C(C2C(C(C)C)=C(c3ccccc3)c3ccccc32)C(C)=C1C. The van der Waals surface area contributed by atoms with E-state index < -0.39 is 0 Å². The van der Waals surface area contributed by atoms with Crippen LogP contribution in [0.25, 0.3) is 5.57 Å². The highest BCUT2D eigenvalue weighted by Crippen LogP contribution is 2.56. The average Bonchev–Trinajstić information content (AvgIpc) is 3.11. The molecule has 0 saturated carbocycles. The van der Waals surface area contributed by atoms with Crippen LogP contribution < -0.4 is 0 Å². The Kier molecular flexibility index (Phi) is 4.46. The van der Waals surface area contributed by atoms with E-state index in [1.54, 1.807) is 16.7 Å². The molecule has 1 unspecified atom stereocenters. The standard InChI is InChI=1S/C27H30/c1-16(2)24-26(21-12-8-7-9-13-21)22-14-10-11-15-23(22)27(24)25-19(5)17(3)18(4)20(25)6/h7-16,25,27H,1-6H3. The summed E-state index contributed by atoms with van der Waals surface area (Å²) in [7, 11) is 0. The van der Waals surface area contributed by atoms with Crippen molar-refractivity contribution in [1.82, 2.24) is 0 Å². The molecule has 2 aliphatic carbocycles. The van der Waals surface area contributed by atoms with Gasteiger partial charge in [-0.1, -0.05) is 85.2 Å². The fraction of sp³-hybridized carbons (Fsp3) is 0.333. The first-order chi connectivity index (χ1) is 12.9. The summed E-state index contributed by atoms with van der Waals surface area (Å²) in [5.74, 6) is 1.45. The summed E-state index contributed by atoms with van der Waals surface area (Å²) in [5, 5.41) is 0. The molecule has 0 heteroatoms. The smallest absolute Gasteiger partial charge is 0.0169 e. The van der Waals surface area contributed by atoms with Gasteiger partial charge in [-0.25, -0.2) is 0 Å². The first-order valence-corrected chi connectivity index (χ1v) is 10.2. The van der Waals surface area contributed by atoms with Crippen molar-refractivity contribution >= 4 is 5.57 Å². The first kappa shape index (κ1) is 18.0. The Morgan fingerprint density at radius 2 is 1.22 bits per heavy atom. The number of fused-ring (bicyclic) bond motifs is 1. The summed E-state index contributed by atoms with van der Waals surface area (Å²) >= 11 is 0. The van der Waals surface area contributed by atoms with Gasteiger partial charge in [0, 0.05) is 11.8 Å². The summed E-state index contributed by atoms with van der Waals surface area (Å²) in [4.78, 5) is 0. The largest absolute Gasteiger partial charge is 0.0622 e. The molecule has 2 aliphatic rings. The van der Waals surface area contributed by atoms with Crippen molar-refractivity contribution in [1.29, 1.82) is 0 Å². The van der Waals surface area contributed by atoms with Crippen LogP contribution in [0.5, 0.6) is 0 Å². The third-order valence-electron chi connectivity index (χ3n) is 6.89. The van der Waals surface area contributed by atoms with E-state index in [9.17, 15) is 0 Å². The molecule has 0 nitrogen and oxygen atoms in total. The molecule has 0 fully saturated rings. The minimum absolute atomic E-state index is 0.448. The number of rotatable bonds is 3. The predicted molar refractivity (Wildman–Crippen MR) is 117 cm³/mol. The van der Waals surface area contributed by atoms with E-state index in [4.69, 9.17) is 0 Å². The van der Waals surface area contributed by atoms with E-state index >= 15 is 0 Å². The van der Waals surface area contributed by atoms with Crippen LogP contribution in [0.3, 0.4) is 0 Å². The molecule has 0 aliphatic heterocycles. The molecular formula is C27H30. The van der Waals surface area contributed by atoms with Gasteiger partial charge in [-0.05, 0) is 67.0 Å². The van der Waals surface area contributed by atoms with Crippen molar-refractivity contribution < 1.29 is 0 Å². The summed E-state index contributed by atoms with van der Waals surface area (Å²) in [5.41, 5.74) is 13.5. The summed E-state index contributed by atoms with van der Waals surface area (Å²) in [6.07, 6.45) is 0. The molecule has 0 saturated heterocycles. The molecule has 0 aromatic heterocycles. The predicted octanol–water partition coefficient (Wildman–Crippen LogP) is 7.54. The van der Waals surface area contributed by atoms with Crippen molar-refractivity contribution in [3.05, 3.63) is 99.2 Å². The van der Waals surface area contributed by atoms with Crippen LogP contribution in [0.1, 0.15) is 64.2 Å². The van der Waals surface area contributed by atoms with Crippen molar-refractivity contribution in [3.8, 4) is 0 Å². The Bertz CT molecular complexity index is 956. The molecular weight excluding hydrogens is 324 g/mol. The molecule has 0 radical (unpaired) electrons. The minimum atomic E-state index is 0.448. The van der Waals surface area contributed by atoms with Gasteiger partial charge in [-0.15, -0.1) is 0 Å².